The van der Waals surface area contributed by atoms with Gasteiger partial charge in [-0.25, -0.2) is 4.79 Å². The SMILES string of the molecule is COC(=O)Oc1ccc([N+](=O)[O-])c(C=O)c1. The Labute approximate surface area is 89.7 Å². The van der Waals surface area contributed by atoms with Gasteiger partial charge in [-0.05, 0) is 12.1 Å². The molecule has 0 aliphatic rings. The number of rotatable bonds is 3. The predicted molar refractivity (Wildman–Crippen MR) is 51.5 cm³/mol. The van der Waals surface area contributed by atoms with Crippen LogP contribution in [-0.4, -0.2) is 24.5 Å². The minimum atomic E-state index is -0.967. The van der Waals surface area contributed by atoms with E-state index in [1.807, 2.05) is 0 Å². The Morgan fingerprint density at radius 2 is 2.19 bits per heavy atom. The van der Waals surface area contributed by atoms with Gasteiger partial charge in [-0.3, -0.25) is 14.9 Å². The van der Waals surface area contributed by atoms with Crippen molar-refractivity contribution < 1.29 is 24.0 Å². The zero-order valence-corrected chi connectivity index (χ0v) is 8.21. The minimum absolute atomic E-state index is 0.000417. The Morgan fingerprint density at radius 1 is 1.50 bits per heavy atom. The molecule has 0 saturated carbocycles. The summed E-state index contributed by atoms with van der Waals surface area (Å²) in [5.74, 6) is -0.000417. The maximum Gasteiger partial charge on any atom is 0.513 e. The Bertz CT molecular complexity index is 442. The summed E-state index contributed by atoms with van der Waals surface area (Å²) >= 11 is 0. The standard InChI is InChI=1S/C9H7NO6/c1-15-9(12)16-7-2-3-8(10(13)14)6(4-7)5-11/h2-5H,1H3. The topological polar surface area (TPSA) is 95.7 Å². The molecule has 1 rings (SSSR count). The lowest BCUT2D eigenvalue weighted by molar-refractivity contribution is -0.385. The van der Waals surface area contributed by atoms with Crippen molar-refractivity contribution in [3.8, 4) is 5.75 Å². The van der Waals surface area contributed by atoms with Gasteiger partial charge in [-0.2, -0.15) is 0 Å². The molecule has 1 aromatic carbocycles. The summed E-state index contributed by atoms with van der Waals surface area (Å²) in [6, 6.07) is 3.35. The number of carbonyl (C=O) groups is 2. The smallest absolute Gasteiger partial charge is 0.437 e. The first-order valence-electron chi connectivity index (χ1n) is 4.08. The summed E-state index contributed by atoms with van der Waals surface area (Å²) in [7, 11) is 1.12. The first-order chi connectivity index (χ1) is 7.58. The molecule has 0 N–H and O–H groups in total. The second kappa shape index (κ2) is 4.87. The fourth-order valence-corrected chi connectivity index (χ4v) is 0.995. The zero-order chi connectivity index (χ0) is 12.1. The van der Waals surface area contributed by atoms with Crippen molar-refractivity contribution in [1.82, 2.24) is 0 Å². The molecule has 0 spiro atoms. The molecule has 0 fully saturated rings. The normalized spacial score (nSPS) is 9.31. The Hall–Kier alpha value is -2.44. The van der Waals surface area contributed by atoms with Crippen LogP contribution in [0.3, 0.4) is 0 Å². The molecule has 0 saturated heterocycles. The van der Waals surface area contributed by atoms with Crippen LogP contribution in [0.25, 0.3) is 0 Å². The van der Waals surface area contributed by atoms with Gasteiger partial charge in [0.2, 0.25) is 0 Å². The highest BCUT2D eigenvalue weighted by Crippen LogP contribution is 2.22. The lowest BCUT2D eigenvalue weighted by Gasteiger charge is -2.02. The summed E-state index contributed by atoms with van der Waals surface area (Å²) in [4.78, 5) is 31.1. The second-order valence-electron chi connectivity index (χ2n) is 2.65. The van der Waals surface area contributed by atoms with E-state index >= 15 is 0 Å². The van der Waals surface area contributed by atoms with Gasteiger partial charge in [0.25, 0.3) is 5.69 Å². The zero-order valence-electron chi connectivity index (χ0n) is 8.21. The molecule has 0 heterocycles. The molecule has 7 heteroatoms. The van der Waals surface area contributed by atoms with Crippen LogP contribution >= 0.6 is 0 Å². The van der Waals surface area contributed by atoms with Crippen molar-refractivity contribution >= 4 is 18.1 Å². The highest BCUT2D eigenvalue weighted by Gasteiger charge is 2.15. The Morgan fingerprint density at radius 3 is 2.69 bits per heavy atom. The van der Waals surface area contributed by atoms with Gasteiger partial charge < -0.3 is 9.47 Å². The maximum absolute atomic E-state index is 10.7. The molecule has 7 nitrogen and oxygen atoms in total. The van der Waals surface area contributed by atoms with Crippen molar-refractivity contribution in [2.75, 3.05) is 7.11 Å². The summed E-state index contributed by atoms with van der Waals surface area (Å²) < 4.78 is 8.82. The van der Waals surface area contributed by atoms with Crippen molar-refractivity contribution in [2.45, 2.75) is 0 Å². The number of hydrogen-bond acceptors (Lipinski definition) is 6. The van der Waals surface area contributed by atoms with Crippen molar-refractivity contribution in [1.29, 1.82) is 0 Å². The van der Waals surface area contributed by atoms with E-state index in [1.54, 1.807) is 0 Å². The van der Waals surface area contributed by atoms with Gasteiger partial charge in [0.15, 0.2) is 6.29 Å². The number of nitro groups is 1. The number of hydrogen-bond donors (Lipinski definition) is 0. The van der Waals surface area contributed by atoms with Crippen molar-refractivity contribution in [2.24, 2.45) is 0 Å². The number of benzene rings is 1. The predicted octanol–water partition coefficient (Wildman–Crippen LogP) is 1.55. The lowest BCUT2D eigenvalue weighted by atomic mass is 10.2. The fraction of sp³-hybridized carbons (Fsp3) is 0.111. The van der Waals surface area contributed by atoms with Crippen LogP contribution in [0.1, 0.15) is 10.4 Å². The van der Waals surface area contributed by atoms with E-state index in [2.05, 4.69) is 9.47 Å². The van der Waals surface area contributed by atoms with Crippen LogP contribution in [0.2, 0.25) is 0 Å². The summed E-state index contributed by atoms with van der Waals surface area (Å²) in [5, 5.41) is 10.5. The van der Waals surface area contributed by atoms with E-state index in [1.165, 1.54) is 6.07 Å². The molecule has 0 radical (unpaired) electrons. The molecule has 0 aliphatic carbocycles. The number of nitro benzene ring substituents is 1. The lowest BCUT2D eigenvalue weighted by Crippen LogP contribution is -2.07. The molecular formula is C9H7NO6. The van der Waals surface area contributed by atoms with Crippen molar-refractivity contribution in [3.63, 3.8) is 0 Å². The molecule has 16 heavy (non-hydrogen) atoms. The number of ether oxygens (including phenoxy) is 2. The van der Waals surface area contributed by atoms with Crippen LogP contribution in [0.5, 0.6) is 5.75 Å². The first kappa shape index (κ1) is 11.6. The molecule has 0 aliphatic heterocycles. The highest BCUT2D eigenvalue weighted by atomic mass is 16.7. The summed E-state index contributed by atoms with van der Waals surface area (Å²) in [6.07, 6.45) is -0.659. The average molecular weight is 225 g/mol. The van der Waals surface area contributed by atoms with Gasteiger partial charge in [0.1, 0.15) is 5.75 Å². The van der Waals surface area contributed by atoms with Gasteiger partial charge in [-0.1, -0.05) is 0 Å². The summed E-state index contributed by atoms with van der Waals surface area (Å²) in [5.41, 5.74) is -0.529. The Balaban J connectivity index is 3.04. The molecule has 0 atom stereocenters. The molecule has 0 amide bonds. The van der Waals surface area contributed by atoms with E-state index in [4.69, 9.17) is 0 Å². The first-order valence-corrected chi connectivity index (χ1v) is 4.08. The van der Waals surface area contributed by atoms with Gasteiger partial charge in [-0.15, -0.1) is 0 Å². The van der Waals surface area contributed by atoms with Crippen LogP contribution in [0.4, 0.5) is 10.5 Å². The average Bonchev–Trinajstić information content (AvgIpc) is 2.28. The highest BCUT2D eigenvalue weighted by molar-refractivity contribution is 5.82. The van der Waals surface area contributed by atoms with E-state index in [-0.39, 0.29) is 17.0 Å². The molecular weight excluding hydrogens is 218 g/mol. The summed E-state index contributed by atoms with van der Waals surface area (Å²) in [6.45, 7) is 0. The van der Waals surface area contributed by atoms with E-state index in [0.717, 1.165) is 19.2 Å². The van der Waals surface area contributed by atoms with Gasteiger partial charge in [0, 0.05) is 6.07 Å². The fourth-order valence-electron chi connectivity index (χ4n) is 0.995. The monoisotopic (exact) mass is 225 g/mol. The third-order valence-corrected chi connectivity index (χ3v) is 1.69. The third kappa shape index (κ3) is 2.53. The van der Waals surface area contributed by atoms with Crippen LogP contribution < -0.4 is 4.74 Å². The number of nitrogens with zero attached hydrogens (tertiary/aromatic N) is 1. The minimum Gasteiger partial charge on any atom is -0.437 e. The Kier molecular flexibility index (Phi) is 3.54. The molecule has 1 aromatic rings. The van der Waals surface area contributed by atoms with E-state index < -0.39 is 11.1 Å². The van der Waals surface area contributed by atoms with Crippen molar-refractivity contribution in [3.05, 3.63) is 33.9 Å². The third-order valence-electron chi connectivity index (χ3n) is 1.69. The van der Waals surface area contributed by atoms with E-state index in [9.17, 15) is 19.7 Å². The molecule has 0 aromatic heterocycles. The van der Waals surface area contributed by atoms with Crippen LogP contribution in [0.15, 0.2) is 18.2 Å². The second-order valence-corrected chi connectivity index (χ2v) is 2.65. The molecule has 0 bridgehead atoms. The number of aldehydes is 1. The van der Waals surface area contributed by atoms with Gasteiger partial charge in [0.05, 0.1) is 17.6 Å². The largest absolute Gasteiger partial charge is 0.513 e. The van der Waals surface area contributed by atoms with Crippen LogP contribution in [-0.2, 0) is 4.74 Å². The maximum atomic E-state index is 10.7. The van der Waals surface area contributed by atoms with Gasteiger partial charge >= 0.3 is 6.16 Å². The number of methoxy groups -OCH3 is 1. The number of carbonyl (C=O) groups excluding carboxylic acids is 2. The molecule has 0 unspecified atom stereocenters. The van der Waals surface area contributed by atoms with Crippen LogP contribution in [0, 0.1) is 10.1 Å². The molecule has 84 valence electrons. The van der Waals surface area contributed by atoms with E-state index in [0.29, 0.717) is 6.29 Å². The quantitative estimate of drug-likeness (QED) is 0.254.